The quantitative estimate of drug-likeness (QED) is 0.649. The van der Waals surface area contributed by atoms with E-state index in [1.165, 1.54) is 0 Å². The second-order valence-corrected chi connectivity index (χ2v) is 5.08. The lowest BCUT2D eigenvalue weighted by molar-refractivity contribution is 0.483. The SMILES string of the molecule is OS1(O)CC[CH]c2ccccc21. The summed E-state index contributed by atoms with van der Waals surface area (Å²) in [6, 6.07) is 7.46. The molecule has 0 saturated heterocycles. The molecular formula is C9H11O2S. The standard InChI is InChI=1S/C9H11O2S/c10-12(11)7-3-5-8-4-1-2-6-9(8)12/h1-2,4-6,10-11H,3,7H2. The van der Waals surface area contributed by atoms with Crippen molar-refractivity contribution in [1.29, 1.82) is 0 Å². The molecule has 1 radical (unpaired) electrons. The molecule has 1 aliphatic heterocycles. The second kappa shape index (κ2) is 2.76. The third-order valence-corrected chi connectivity index (χ3v) is 3.92. The van der Waals surface area contributed by atoms with E-state index in [1.54, 1.807) is 6.07 Å². The number of benzene rings is 1. The fourth-order valence-corrected chi connectivity index (χ4v) is 2.93. The van der Waals surface area contributed by atoms with E-state index >= 15 is 0 Å². The molecule has 3 heteroatoms. The van der Waals surface area contributed by atoms with E-state index in [-0.39, 0.29) is 0 Å². The monoisotopic (exact) mass is 183 g/mol. The molecular weight excluding hydrogens is 172 g/mol. The van der Waals surface area contributed by atoms with Gasteiger partial charge in [-0.15, -0.1) is 0 Å². The summed E-state index contributed by atoms with van der Waals surface area (Å²) in [5, 5.41) is 0. The predicted molar refractivity (Wildman–Crippen MR) is 50.4 cm³/mol. The average molecular weight is 183 g/mol. The lowest BCUT2D eigenvalue weighted by Gasteiger charge is -2.37. The molecule has 1 heterocycles. The van der Waals surface area contributed by atoms with Crippen LogP contribution >= 0.6 is 10.6 Å². The predicted octanol–water partition coefficient (Wildman–Crippen LogP) is 2.75. The Morgan fingerprint density at radius 3 is 2.67 bits per heavy atom. The van der Waals surface area contributed by atoms with Crippen molar-refractivity contribution in [1.82, 2.24) is 0 Å². The molecule has 12 heavy (non-hydrogen) atoms. The molecule has 2 nitrogen and oxygen atoms in total. The summed E-state index contributed by atoms with van der Waals surface area (Å²) in [4.78, 5) is 0.705. The van der Waals surface area contributed by atoms with Crippen LogP contribution in [0.2, 0.25) is 0 Å². The molecule has 0 aliphatic carbocycles. The molecule has 2 N–H and O–H groups in total. The van der Waals surface area contributed by atoms with Crippen LogP contribution in [0.4, 0.5) is 0 Å². The maximum absolute atomic E-state index is 9.65. The van der Waals surface area contributed by atoms with Crippen LogP contribution in [0, 0.1) is 6.42 Å². The fourth-order valence-electron chi connectivity index (χ4n) is 1.44. The topological polar surface area (TPSA) is 40.5 Å². The van der Waals surface area contributed by atoms with Crippen molar-refractivity contribution in [2.75, 3.05) is 5.75 Å². The largest absolute Gasteiger partial charge is 0.295 e. The summed E-state index contributed by atoms with van der Waals surface area (Å²) in [5.74, 6) is 0.476. The van der Waals surface area contributed by atoms with Crippen molar-refractivity contribution in [3.05, 3.63) is 36.2 Å². The van der Waals surface area contributed by atoms with Gasteiger partial charge in [-0.2, -0.15) is 10.6 Å². The number of rotatable bonds is 0. The van der Waals surface area contributed by atoms with Gasteiger partial charge >= 0.3 is 0 Å². The summed E-state index contributed by atoms with van der Waals surface area (Å²) < 4.78 is 19.3. The van der Waals surface area contributed by atoms with Gasteiger partial charge in [-0.1, -0.05) is 18.2 Å². The number of hydrogen-bond acceptors (Lipinski definition) is 2. The number of hydrogen-bond donors (Lipinski definition) is 2. The Balaban J connectivity index is 2.52. The summed E-state index contributed by atoms with van der Waals surface area (Å²) in [7, 11) is -2.47. The van der Waals surface area contributed by atoms with Gasteiger partial charge < -0.3 is 0 Å². The molecule has 0 atom stereocenters. The van der Waals surface area contributed by atoms with Crippen LogP contribution in [0.5, 0.6) is 0 Å². The Kier molecular flexibility index (Phi) is 1.87. The minimum atomic E-state index is -2.47. The van der Waals surface area contributed by atoms with Crippen molar-refractivity contribution < 1.29 is 9.11 Å². The van der Waals surface area contributed by atoms with Gasteiger partial charge in [-0.3, -0.25) is 9.11 Å². The van der Waals surface area contributed by atoms with Gasteiger partial charge in [0.2, 0.25) is 0 Å². The molecule has 0 bridgehead atoms. The highest BCUT2D eigenvalue weighted by atomic mass is 32.3. The molecule has 1 aliphatic rings. The molecule has 0 unspecified atom stereocenters. The Labute approximate surface area is 73.6 Å². The maximum atomic E-state index is 9.65. The first-order valence-corrected chi connectivity index (χ1v) is 5.60. The van der Waals surface area contributed by atoms with Gasteiger partial charge in [0.1, 0.15) is 0 Å². The molecule has 1 aromatic rings. The third kappa shape index (κ3) is 1.24. The van der Waals surface area contributed by atoms with Crippen molar-refractivity contribution in [3.63, 3.8) is 0 Å². The van der Waals surface area contributed by atoms with Crippen molar-refractivity contribution in [3.8, 4) is 0 Å². The Bertz CT molecular complexity index is 296. The van der Waals surface area contributed by atoms with E-state index in [1.807, 2.05) is 24.6 Å². The van der Waals surface area contributed by atoms with Crippen molar-refractivity contribution in [2.24, 2.45) is 0 Å². The normalized spacial score (nSPS) is 22.8. The van der Waals surface area contributed by atoms with Crippen LogP contribution < -0.4 is 0 Å². The summed E-state index contributed by atoms with van der Waals surface area (Å²) in [5.41, 5.74) is 0.976. The molecule has 0 spiro atoms. The van der Waals surface area contributed by atoms with E-state index in [9.17, 15) is 9.11 Å². The molecule has 1 aromatic carbocycles. The van der Waals surface area contributed by atoms with E-state index in [4.69, 9.17) is 0 Å². The highest BCUT2D eigenvalue weighted by Crippen LogP contribution is 2.53. The zero-order valence-corrected chi connectivity index (χ0v) is 7.42. The molecule has 0 aromatic heterocycles. The van der Waals surface area contributed by atoms with Crippen molar-refractivity contribution >= 4 is 10.6 Å². The first-order valence-electron chi connectivity index (χ1n) is 3.88. The Morgan fingerprint density at radius 2 is 1.92 bits per heavy atom. The van der Waals surface area contributed by atoms with E-state index in [0.29, 0.717) is 10.6 Å². The summed E-state index contributed by atoms with van der Waals surface area (Å²) in [6.07, 6.45) is 2.81. The molecule has 0 amide bonds. The fraction of sp³-hybridized carbons (Fsp3) is 0.222. The first-order chi connectivity index (χ1) is 5.70. The zero-order valence-electron chi connectivity index (χ0n) is 6.60. The highest BCUT2D eigenvalue weighted by Gasteiger charge is 2.23. The second-order valence-electron chi connectivity index (χ2n) is 2.90. The van der Waals surface area contributed by atoms with Crippen LogP contribution in [0.15, 0.2) is 29.2 Å². The van der Waals surface area contributed by atoms with Gasteiger partial charge in [-0.25, -0.2) is 0 Å². The van der Waals surface area contributed by atoms with Crippen LogP contribution in [-0.2, 0) is 0 Å². The third-order valence-electron chi connectivity index (χ3n) is 2.04. The van der Waals surface area contributed by atoms with Gasteiger partial charge in [0.15, 0.2) is 0 Å². The van der Waals surface area contributed by atoms with Gasteiger partial charge in [0.25, 0.3) is 0 Å². The van der Waals surface area contributed by atoms with E-state index in [0.717, 1.165) is 12.0 Å². The lowest BCUT2D eigenvalue weighted by Crippen LogP contribution is -2.11. The average Bonchev–Trinajstić information content (AvgIpc) is 2.04. The first kappa shape index (κ1) is 8.10. The van der Waals surface area contributed by atoms with Gasteiger partial charge in [0, 0.05) is 5.75 Å². The van der Waals surface area contributed by atoms with Crippen LogP contribution in [0.3, 0.4) is 0 Å². The molecule has 0 fully saturated rings. The maximum Gasteiger partial charge on any atom is 0.0618 e. The molecule has 65 valence electrons. The number of fused-ring (bicyclic) bond motifs is 1. The lowest BCUT2D eigenvalue weighted by atomic mass is 10.1. The van der Waals surface area contributed by atoms with Crippen LogP contribution in [0.1, 0.15) is 12.0 Å². The van der Waals surface area contributed by atoms with Crippen molar-refractivity contribution in [2.45, 2.75) is 11.3 Å². The Morgan fingerprint density at radius 1 is 1.17 bits per heavy atom. The Hall–Kier alpha value is -0.510. The van der Waals surface area contributed by atoms with Crippen LogP contribution in [-0.4, -0.2) is 14.9 Å². The summed E-state index contributed by atoms with van der Waals surface area (Å²) >= 11 is 0. The zero-order chi connectivity index (χ0) is 8.60. The van der Waals surface area contributed by atoms with Crippen LogP contribution in [0.25, 0.3) is 0 Å². The minimum absolute atomic E-state index is 0.476. The summed E-state index contributed by atoms with van der Waals surface area (Å²) in [6.45, 7) is 0. The van der Waals surface area contributed by atoms with E-state index in [2.05, 4.69) is 0 Å². The minimum Gasteiger partial charge on any atom is -0.295 e. The molecule has 0 saturated carbocycles. The van der Waals surface area contributed by atoms with E-state index < -0.39 is 10.6 Å². The van der Waals surface area contributed by atoms with Gasteiger partial charge in [0.05, 0.1) is 4.90 Å². The molecule has 2 rings (SSSR count). The van der Waals surface area contributed by atoms with Gasteiger partial charge in [-0.05, 0) is 24.5 Å². The smallest absolute Gasteiger partial charge is 0.0618 e. The highest BCUT2D eigenvalue weighted by molar-refractivity contribution is 8.24.